The number of hydrogen-bond donors (Lipinski definition) is 0. The summed E-state index contributed by atoms with van der Waals surface area (Å²) < 4.78 is 0. The Morgan fingerprint density at radius 1 is 1.12 bits per heavy atom. The molecular formula is H6CaCrFeKMgMnNaNi. The summed E-state index contributed by atoms with van der Waals surface area (Å²) >= 11 is 0. The SMILES string of the molecule is [Ca+2].[Cr].[Fe].[H-].[H-].[H-].[H-].[H-].[H-].[K+].[Mg+2].[Mn].[Na+].[Ni]. The Morgan fingerprint density at radius 2 is 1.12 bits per heavy atom. The summed E-state index contributed by atoms with van der Waals surface area (Å²) in [6.07, 6.45) is 0. The van der Waals surface area contributed by atoms with Gasteiger partial charge in [0.05, 0.1) is 0 Å². The van der Waals surface area contributed by atoms with Crippen molar-refractivity contribution in [3.8, 4) is 0 Å². The fourth-order valence-electron chi connectivity index (χ4n) is 0. The summed E-state index contributed by atoms with van der Waals surface area (Å²) in [5.74, 6) is 0. The molecule has 0 saturated heterocycles. The van der Waals surface area contributed by atoms with Gasteiger partial charge in [-0.2, -0.15) is 0 Å². The molecule has 0 bridgehead atoms. The maximum atomic E-state index is 0. The van der Waals surface area contributed by atoms with E-state index in [0.717, 1.165) is 0 Å². The van der Waals surface area contributed by atoms with E-state index >= 15 is 0 Å². The van der Waals surface area contributed by atoms with Crippen molar-refractivity contribution in [3.05, 3.63) is 0 Å². The summed E-state index contributed by atoms with van der Waals surface area (Å²) in [5, 5.41) is 0. The van der Waals surface area contributed by atoms with Gasteiger partial charge < -0.3 is 8.56 Å². The minimum Gasteiger partial charge on any atom is -1.00 e. The van der Waals surface area contributed by atoms with E-state index in [2.05, 4.69) is 0 Å². The van der Waals surface area contributed by atoms with E-state index in [-0.39, 0.29) is 218 Å². The molecule has 0 heterocycles. The maximum absolute atomic E-state index is 0. The van der Waals surface area contributed by atoms with Gasteiger partial charge in [-0.15, -0.1) is 0 Å². The molecule has 0 amide bonds. The molecule has 0 unspecified atom stereocenters. The molecule has 0 rings (SSSR count). The molecule has 43 valence electrons. The summed E-state index contributed by atoms with van der Waals surface area (Å²) in [6.45, 7) is 0. The van der Waals surface area contributed by atoms with E-state index in [1.165, 1.54) is 0 Å². The Hall–Kier alpha value is 6.73. The molecule has 8 heteroatoms. The zero-order valence-corrected chi connectivity index (χ0v) is 18.2. The topological polar surface area (TPSA) is 0 Å². The molecule has 0 fully saturated rings. The van der Waals surface area contributed by atoms with Crippen molar-refractivity contribution in [1.82, 2.24) is 0 Å². The smallest absolute Gasteiger partial charge is 1.00 e. The van der Waals surface area contributed by atoms with Crippen LogP contribution >= 0.6 is 0 Å². The first-order valence-electron chi connectivity index (χ1n) is 0. The van der Waals surface area contributed by atoms with Gasteiger partial charge in [-0.3, -0.25) is 0 Å². The first-order valence-corrected chi connectivity index (χ1v) is 0. The second-order valence-corrected chi connectivity index (χ2v) is 0. The normalized spacial score (nSPS) is 0. The minimum absolute atomic E-state index is 0. The van der Waals surface area contributed by atoms with E-state index in [0.29, 0.717) is 0 Å². The van der Waals surface area contributed by atoms with Crippen molar-refractivity contribution in [2.75, 3.05) is 0 Å². The fourth-order valence-corrected chi connectivity index (χ4v) is 0. The van der Waals surface area contributed by atoms with Crippen LogP contribution < -0.4 is 80.9 Å². The van der Waals surface area contributed by atoms with Gasteiger partial charge in [0.2, 0.25) is 0 Å². The molecule has 0 nitrogen and oxygen atoms in total. The van der Waals surface area contributed by atoms with Crippen LogP contribution in [-0.2, 0) is 68.0 Å². The Bertz CT molecular complexity index is 37.8. The number of hydrogen-bond acceptors (Lipinski definition) is 0. The molecule has 0 aliphatic carbocycles. The van der Waals surface area contributed by atoms with Gasteiger partial charge in [0.1, 0.15) is 0 Å². The van der Waals surface area contributed by atoms with Crippen molar-refractivity contribution in [1.29, 1.82) is 0 Å². The Balaban J connectivity index is 0. The van der Waals surface area contributed by atoms with Gasteiger partial charge >= 0.3 is 142 Å². The van der Waals surface area contributed by atoms with Gasteiger partial charge in [0.15, 0.2) is 0 Å². The fraction of sp³-hybridized carbons (Fsp3) is 0. The molecule has 0 aromatic carbocycles. The quantitative estimate of drug-likeness (QED) is 0.380. The third-order valence-corrected chi connectivity index (χ3v) is 0. The van der Waals surface area contributed by atoms with Gasteiger partial charge in [0, 0.05) is 68.0 Å². The second-order valence-electron chi connectivity index (χ2n) is 0. The van der Waals surface area contributed by atoms with E-state index in [4.69, 9.17) is 0 Å². The minimum atomic E-state index is 0. The molecule has 1 radical (unpaired) electrons. The van der Waals surface area contributed by atoms with Crippen molar-refractivity contribution in [2.45, 2.75) is 0 Å². The molecule has 0 aromatic heterocycles. The molecule has 0 saturated carbocycles. The van der Waals surface area contributed by atoms with Crippen LogP contribution in [0.1, 0.15) is 8.56 Å². The van der Waals surface area contributed by atoms with Crippen LogP contribution in [0.25, 0.3) is 0 Å². The third kappa shape index (κ3) is 38.7. The molecule has 0 aliphatic heterocycles. The zero-order chi connectivity index (χ0) is 0. The van der Waals surface area contributed by atoms with E-state index < -0.39 is 0 Å². The van der Waals surface area contributed by atoms with Crippen LogP contribution in [0.5, 0.6) is 0 Å². The van der Waals surface area contributed by atoms with Crippen LogP contribution in [0.3, 0.4) is 0 Å². The Kier molecular flexibility index (Phi) is 377. The predicted octanol–water partition coefficient (Wildman–Crippen LogP) is -6.09. The maximum Gasteiger partial charge on any atom is 2.00 e. The first-order chi connectivity index (χ1) is 0. The third-order valence-electron chi connectivity index (χ3n) is 0. The summed E-state index contributed by atoms with van der Waals surface area (Å²) in [7, 11) is 0. The average Bonchev–Trinajstić information content (AvgIpc) is 0. The van der Waals surface area contributed by atoms with Crippen LogP contribution in [0.2, 0.25) is 0 Å². The van der Waals surface area contributed by atoms with Crippen molar-refractivity contribution >= 4 is 60.8 Å². The van der Waals surface area contributed by atoms with Gasteiger partial charge in [0.25, 0.3) is 0 Å². The molecule has 0 atom stereocenters. The van der Waals surface area contributed by atoms with Gasteiger partial charge in [-0.1, -0.05) is 0 Å². The van der Waals surface area contributed by atoms with Crippen LogP contribution in [0, 0.1) is 0 Å². The molecule has 0 aliphatic rings. The summed E-state index contributed by atoms with van der Waals surface area (Å²) in [4.78, 5) is 0. The van der Waals surface area contributed by atoms with E-state index in [1.54, 1.807) is 0 Å². The molecule has 0 N–H and O–H groups in total. The van der Waals surface area contributed by atoms with E-state index in [9.17, 15) is 0 Å². The van der Waals surface area contributed by atoms with Crippen molar-refractivity contribution in [2.24, 2.45) is 0 Å². The standard InChI is InChI=1S/Ca.Cr.Fe.K.Mg.Mn.Na.Ni.6H/q+2;;;+1;+2;;+1;;6*-1. The van der Waals surface area contributed by atoms with Crippen LogP contribution in [0.15, 0.2) is 0 Å². The molecule has 8 heavy (non-hydrogen) atoms. The zero-order valence-electron chi connectivity index (χ0n) is 10.9. The Labute approximate surface area is 212 Å². The number of rotatable bonds is 0. The average molecular weight is 354 g/mol. The van der Waals surface area contributed by atoms with E-state index in [1.807, 2.05) is 0 Å². The summed E-state index contributed by atoms with van der Waals surface area (Å²) in [5.41, 5.74) is 0. The van der Waals surface area contributed by atoms with Crippen LogP contribution in [-0.4, -0.2) is 60.8 Å². The van der Waals surface area contributed by atoms with Crippen LogP contribution in [0.4, 0.5) is 0 Å². The van der Waals surface area contributed by atoms with Gasteiger partial charge in [-0.25, -0.2) is 0 Å². The molecule has 0 spiro atoms. The predicted molar refractivity (Wildman–Crippen MR) is 18.2 cm³/mol. The van der Waals surface area contributed by atoms with Crippen molar-refractivity contribution < 1.29 is 157 Å². The van der Waals surface area contributed by atoms with Gasteiger partial charge in [-0.05, 0) is 0 Å². The first kappa shape index (κ1) is 61.3. The van der Waals surface area contributed by atoms with Crippen molar-refractivity contribution in [3.63, 3.8) is 0 Å². The monoisotopic (exact) mass is 353 g/mol. The largest absolute Gasteiger partial charge is 2.00 e. The summed E-state index contributed by atoms with van der Waals surface area (Å²) in [6, 6.07) is 0. The molecule has 0 aromatic rings. The second kappa shape index (κ2) is 49.1. The molecular weight excluding hydrogens is 348 g/mol. The Morgan fingerprint density at radius 3 is 1.12 bits per heavy atom.